The van der Waals surface area contributed by atoms with E-state index in [9.17, 15) is 27.9 Å². The average Bonchev–Trinajstić information content (AvgIpc) is 2.34. The maximum atomic E-state index is 12.9. The normalized spacial score (nSPS) is 12.6. The monoisotopic (exact) mass is 287 g/mol. The molecule has 0 aliphatic heterocycles. The number of benzene rings is 1. The predicted octanol–water partition coefficient (Wildman–Crippen LogP) is 1.53. The van der Waals surface area contributed by atoms with Gasteiger partial charge >= 0.3 is 12.1 Å². The largest absolute Gasteiger partial charge is 0.550 e. The Morgan fingerprint density at radius 3 is 2.25 bits per heavy atom. The lowest BCUT2D eigenvalue weighted by atomic mass is 10.1. The first-order chi connectivity index (χ1) is 9.21. The van der Waals surface area contributed by atoms with Crippen molar-refractivity contribution in [1.82, 2.24) is 0 Å². The molecule has 1 unspecified atom stereocenters. The van der Waals surface area contributed by atoms with Crippen LogP contribution in [0.25, 0.3) is 0 Å². The Hall–Kier alpha value is -2.31. The number of carboxylic acid groups (broad SMARTS) is 1. The molecule has 1 aromatic carbocycles. The van der Waals surface area contributed by atoms with E-state index in [1.807, 2.05) is 0 Å². The van der Waals surface area contributed by atoms with Gasteiger partial charge < -0.3 is 14.6 Å². The van der Waals surface area contributed by atoms with Crippen LogP contribution in [-0.2, 0) is 14.3 Å². The van der Waals surface area contributed by atoms with Gasteiger partial charge in [-0.25, -0.2) is 4.79 Å². The van der Waals surface area contributed by atoms with Crippen molar-refractivity contribution in [3.63, 3.8) is 0 Å². The van der Waals surface area contributed by atoms with Crippen LogP contribution < -0.4 is 5.11 Å². The van der Waals surface area contributed by atoms with E-state index >= 15 is 0 Å². The lowest BCUT2D eigenvalue weighted by Gasteiger charge is -2.21. The van der Waals surface area contributed by atoms with Crippen LogP contribution in [-0.4, -0.2) is 18.1 Å². The van der Waals surface area contributed by atoms with Crippen molar-refractivity contribution in [3.8, 4) is 0 Å². The third kappa shape index (κ3) is 4.42. The van der Waals surface area contributed by atoms with Crippen molar-refractivity contribution in [2.24, 2.45) is 0 Å². The SMILES string of the molecule is C=C(CC(=O)[O-])C(=O)OC(c1ccccc1)C(F)(F)F. The van der Waals surface area contributed by atoms with Crippen LogP contribution in [0.2, 0.25) is 0 Å². The van der Waals surface area contributed by atoms with E-state index in [2.05, 4.69) is 11.3 Å². The molecule has 0 heterocycles. The predicted molar refractivity (Wildman–Crippen MR) is 60.1 cm³/mol. The number of esters is 1. The molecule has 4 nitrogen and oxygen atoms in total. The van der Waals surface area contributed by atoms with Gasteiger partial charge in [-0.2, -0.15) is 13.2 Å². The summed E-state index contributed by atoms with van der Waals surface area (Å²) in [7, 11) is 0. The summed E-state index contributed by atoms with van der Waals surface area (Å²) in [6.45, 7) is 3.06. The summed E-state index contributed by atoms with van der Waals surface area (Å²) in [5, 5.41) is 10.3. The van der Waals surface area contributed by atoms with E-state index in [-0.39, 0.29) is 5.56 Å². The minimum Gasteiger partial charge on any atom is -0.550 e. The number of halogens is 3. The number of alkyl halides is 3. The first kappa shape index (κ1) is 15.7. The molecule has 0 amide bonds. The molecule has 0 N–H and O–H groups in total. The summed E-state index contributed by atoms with van der Waals surface area (Å²) in [5.41, 5.74) is -0.884. The van der Waals surface area contributed by atoms with E-state index in [0.29, 0.717) is 0 Å². The molecular formula is C13H10F3O4-. The smallest absolute Gasteiger partial charge is 0.429 e. The topological polar surface area (TPSA) is 66.4 Å². The number of carbonyl (C=O) groups is 2. The van der Waals surface area contributed by atoms with Gasteiger partial charge in [0.25, 0.3) is 0 Å². The molecule has 0 aliphatic carbocycles. The molecule has 0 aromatic heterocycles. The Kier molecular flexibility index (Phi) is 4.90. The van der Waals surface area contributed by atoms with Crippen molar-refractivity contribution >= 4 is 11.9 Å². The minimum absolute atomic E-state index is 0.269. The lowest BCUT2D eigenvalue weighted by molar-refractivity contribution is -0.304. The fraction of sp³-hybridized carbons (Fsp3) is 0.231. The van der Waals surface area contributed by atoms with E-state index < -0.39 is 36.2 Å². The van der Waals surface area contributed by atoms with Crippen molar-refractivity contribution in [2.75, 3.05) is 0 Å². The summed E-state index contributed by atoms with van der Waals surface area (Å²) in [6.07, 6.45) is -8.19. The Labute approximate surface area is 112 Å². The molecule has 0 fully saturated rings. The number of aliphatic carboxylic acids is 1. The van der Waals surface area contributed by atoms with Crippen molar-refractivity contribution in [1.29, 1.82) is 0 Å². The Morgan fingerprint density at radius 1 is 1.25 bits per heavy atom. The lowest BCUT2D eigenvalue weighted by Crippen LogP contribution is -2.29. The first-order valence-electron chi connectivity index (χ1n) is 5.42. The summed E-state index contributed by atoms with van der Waals surface area (Å²) in [6, 6.07) is 6.52. The minimum atomic E-state index is -4.82. The molecule has 1 aromatic rings. The number of hydrogen-bond acceptors (Lipinski definition) is 4. The third-order valence-corrected chi connectivity index (χ3v) is 2.27. The van der Waals surface area contributed by atoms with Crippen LogP contribution in [0.4, 0.5) is 13.2 Å². The van der Waals surface area contributed by atoms with Gasteiger partial charge in [0.2, 0.25) is 6.10 Å². The molecule has 0 saturated heterocycles. The highest BCUT2D eigenvalue weighted by Crippen LogP contribution is 2.36. The van der Waals surface area contributed by atoms with Gasteiger partial charge in [0, 0.05) is 23.5 Å². The zero-order chi connectivity index (χ0) is 15.3. The van der Waals surface area contributed by atoms with Crippen molar-refractivity contribution < 1.29 is 32.6 Å². The second-order valence-corrected chi connectivity index (χ2v) is 3.89. The maximum absolute atomic E-state index is 12.9. The second kappa shape index (κ2) is 6.23. The zero-order valence-electron chi connectivity index (χ0n) is 10.1. The molecule has 7 heteroatoms. The van der Waals surface area contributed by atoms with Crippen LogP contribution >= 0.6 is 0 Å². The van der Waals surface area contributed by atoms with Gasteiger partial charge in [-0.1, -0.05) is 36.9 Å². The summed E-state index contributed by atoms with van der Waals surface area (Å²) in [4.78, 5) is 21.7. The molecule has 1 rings (SSSR count). The number of hydrogen-bond donors (Lipinski definition) is 0. The van der Waals surface area contributed by atoms with E-state index in [4.69, 9.17) is 0 Å². The maximum Gasteiger partial charge on any atom is 0.429 e. The van der Waals surface area contributed by atoms with Gasteiger partial charge in [-0.05, 0) is 0 Å². The summed E-state index contributed by atoms with van der Waals surface area (Å²) >= 11 is 0. The molecule has 0 saturated carbocycles. The van der Waals surface area contributed by atoms with E-state index in [1.165, 1.54) is 18.2 Å². The standard InChI is InChI=1S/C13H11F3O4/c1-8(7-10(17)18)12(19)20-11(13(14,15)16)9-5-3-2-4-6-9/h2-6,11H,1,7H2,(H,17,18)/p-1. The number of rotatable bonds is 5. The van der Waals surface area contributed by atoms with Gasteiger partial charge in [0.15, 0.2) is 0 Å². The number of ether oxygens (including phenoxy) is 1. The quantitative estimate of drug-likeness (QED) is 0.608. The van der Waals surface area contributed by atoms with E-state index in [0.717, 1.165) is 12.1 Å². The molecule has 0 aliphatic rings. The molecule has 0 radical (unpaired) electrons. The van der Waals surface area contributed by atoms with Crippen LogP contribution in [0.5, 0.6) is 0 Å². The van der Waals surface area contributed by atoms with Crippen molar-refractivity contribution in [2.45, 2.75) is 18.7 Å². The average molecular weight is 287 g/mol. The molecule has 0 bridgehead atoms. The Morgan fingerprint density at radius 2 is 1.80 bits per heavy atom. The zero-order valence-corrected chi connectivity index (χ0v) is 10.1. The third-order valence-electron chi connectivity index (χ3n) is 2.27. The molecule has 108 valence electrons. The van der Waals surface area contributed by atoms with Gasteiger partial charge in [-0.3, -0.25) is 0 Å². The van der Waals surface area contributed by atoms with Gasteiger partial charge in [0.05, 0.1) is 0 Å². The number of carboxylic acids is 1. The second-order valence-electron chi connectivity index (χ2n) is 3.89. The summed E-state index contributed by atoms with van der Waals surface area (Å²) in [5.74, 6) is -3.06. The van der Waals surface area contributed by atoms with Gasteiger partial charge in [-0.15, -0.1) is 0 Å². The van der Waals surface area contributed by atoms with Crippen LogP contribution in [0.1, 0.15) is 18.1 Å². The van der Waals surface area contributed by atoms with Crippen LogP contribution in [0.15, 0.2) is 42.5 Å². The fourth-order valence-corrected chi connectivity index (χ4v) is 1.39. The first-order valence-corrected chi connectivity index (χ1v) is 5.42. The molecule has 0 spiro atoms. The molecule has 1 atom stereocenters. The summed E-state index contributed by atoms with van der Waals surface area (Å²) < 4.78 is 42.9. The highest BCUT2D eigenvalue weighted by Gasteiger charge is 2.44. The number of carbonyl (C=O) groups excluding carboxylic acids is 2. The van der Waals surface area contributed by atoms with Crippen LogP contribution in [0, 0.1) is 0 Å². The molecule has 20 heavy (non-hydrogen) atoms. The molecular weight excluding hydrogens is 277 g/mol. The van der Waals surface area contributed by atoms with Gasteiger partial charge in [0.1, 0.15) is 0 Å². The van der Waals surface area contributed by atoms with Crippen molar-refractivity contribution in [3.05, 3.63) is 48.0 Å². The Balaban J connectivity index is 2.90. The highest BCUT2D eigenvalue weighted by atomic mass is 19.4. The highest BCUT2D eigenvalue weighted by molar-refractivity contribution is 5.92. The Bertz CT molecular complexity index is 508. The van der Waals surface area contributed by atoms with E-state index in [1.54, 1.807) is 0 Å². The fourth-order valence-electron chi connectivity index (χ4n) is 1.39. The van der Waals surface area contributed by atoms with Crippen LogP contribution in [0.3, 0.4) is 0 Å².